The second-order valence-electron chi connectivity index (χ2n) is 7.27. The van der Waals surface area contributed by atoms with Gasteiger partial charge in [0.25, 0.3) is 5.91 Å². The summed E-state index contributed by atoms with van der Waals surface area (Å²) in [5, 5.41) is 4.37. The predicted molar refractivity (Wildman–Crippen MR) is 113 cm³/mol. The van der Waals surface area contributed by atoms with Gasteiger partial charge in [0.1, 0.15) is 5.75 Å². The standard InChI is InChI=1S/C23H25N3O3/c1-3-15-4-6-17(7-5-15)26-22(27)13-21(23(26)28)24-11-10-16-14-25-20-9-8-18(29-2)12-19(16)20/h4-9,12,14,21,24-25H,3,10-11,13H2,1-2H3/t21-/m1/s1. The van der Waals surface area contributed by atoms with Crippen molar-refractivity contribution >= 4 is 28.4 Å². The van der Waals surface area contributed by atoms with Gasteiger partial charge in [-0.15, -0.1) is 0 Å². The van der Waals surface area contributed by atoms with Gasteiger partial charge >= 0.3 is 0 Å². The Kier molecular flexibility index (Phi) is 5.36. The van der Waals surface area contributed by atoms with E-state index in [0.29, 0.717) is 12.2 Å². The molecule has 2 N–H and O–H groups in total. The Balaban J connectivity index is 1.40. The maximum atomic E-state index is 12.8. The van der Waals surface area contributed by atoms with Crippen LogP contribution in [-0.2, 0) is 22.4 Å². The lowest BCUT2D eigenvalue weighted by Crippen LogP contribution is -2.39. The summed E-state index contributed by atoms with van der Waals surface area (Å²) in [6.07, 6.45) is 3.84. The highest BCUT2D eigenvalue weighted by molar-refractivity contribution is 6.22. The number of aromatic nitrogens is 1. The van der Waals surface area contributed by atoms with Crippen LogP contribution in [0.4, 0.5) is 5.69 Å². The van der Waals surface area contributed by atoms with Crippen LogP contribution in [0.5, 0.6) is 5.75 Å². The molecule has 0 saturated carbocycles. The Hall–Kier alpha value is -3.12. The van der Waals surface area contributed by atoms with Crippen molar-refractivity contribution in [3.8, 4) is 5.75 Å². The molecule has 2 amide bonds. The van der Waals surface area contributed by atoms with Crippen molar-refractivity contribution in [2.75, 3.05) is 18.6 Å². The number of fused-ring (bicyclic) bond motifs is 1. The molecule has 2 aromatic carbocycles. The quantitative estimate of drug-likeness (QED) is 0.607. The molecule has 4 rings (SSSR count). The molecule has 2 heterocycles. The number of hydrogen-bond acceptors (Lipinski definition) is 4. The highest BCUT2D eigenvalue weighted by atomic mass is 16.5. The number of amides is 2. The van der Waals surface area contributed by atoms with Crippen LogP contribution in [0.2, 0.25) is 0 Å². The number of nitrogens with one attached hydrogen (secondary N) is 2. The lowest BCUT2D eigenvalue weighted by atomic mass is 10.1. The topological polar surface area (TPSA) is 74.4 Å². The largest absolute Gasteiger partial charge is 0.497 e. The molecule has 1 aromatic heterocycles. The summed E-state index contributed by atoms with van der Waals surface area (Å²) in [5.41, 5.74) is 4.02. The molecule has 1 aliphatic rings. The van der Waals surface area contributed by atoms with Crippen molar-refractivity contribution in [1.82, 2.24) is 10.3 Å². The number of rotatable bonds is 7. The van der Waals surface area contributed by atoms with Crippen LogP contribution in [-0.4, -0.2) is 36.5 Å². The third-order valence-corrected chi connectivity index (χ3v) is 5.51. The average Bonchev–Trinajstić information content (AvgIpc) is 3.28. The maximum absolute atomic E-state index is 12.8. The van der Waals surface area contributed by atoms with Gasteiger partial charge in [0, 0.05) is 23.6 Å². The van der Waals surface area contributed by atoms with Crippen molar-refractivity contribution in [1.29, 1.82) is 0 Å². The zero-order valence-corrected chi connectivity index (χ0v) is 16.7. The highest BCUT2D eigenvalue weighted by Crippen LogP contribution is 2.25. The van der Waals surface area contributed by atoms with E-state index in [0.717, 1.165) is 35.1 Å². The molecule has 0 aliphatic carbocycles. The Morgan fingerprint density at radius 1 is 1.17 bits per heavy atom. The van der Waals surface area contributed by atoms with Gasteiger partial charge < -0.3 is 15.0 Å². The lowest BCUT2D eigenvalue weighted by Gasteiger charge is -2.16. The van der Waals surface area contributed by atoms with Gasteiger partial charge in [-0.1, -0.05) is 19.1 Å². The van der Waals surface area contributed by atoms with Gasteiger partial charge in [-0.25, -0.2) is 4.90 Å². The van der Waals surface area contributed by atoms with Gasteiger partial charge in [-0.2, -0.15) is 0 Å². The molecule has 3 aromatic rings. The van der Waals surface area contributed by atoms with Gasteiger partial charge in [-0.3, -0.25) is 9.59 Å². The number of anilines is 1. The third-order valence-electron chi connectivity index (χ3n) is 5.51. The van der Waals surface area contributed by atoms with Crippen LogP contribution in [0.15, 0.2) is 48.7 Å². The first-order valence-electron chi connectivity index (χ1n) is 9.94. The molecule has 6 nitrogen and oxygen atoms in total. The number of hydrogen-bond donors (Lipinski definition) is 2. The molecule has 0 radical (unpaired) electrons. The molecule has 1 aliphatic heterocycles. The Morgan fingerprint density at radius 2 is 1.97 bits per heavy atom. The van der Waals surface area contributed by atoms with Gasteiger partial charge in [0.2, 0.25) is 5.91 Å². The van der Waals surface area contributed by atoms with Crippen molar-refractivity contribution in [3.05, 3.63) is 59.8 Å². The number of ether oxygens (including phenoxy) is 1. The summed E-state index contributed by atoms with van der Waals surface area (Å²) in [6, 6.07) is 13.1. The zero-order valence-electron chi connectivity index (χ0n) is 16.7. The van der Waals surface area contributed by atoms with E-state index in [1.54, 1.807) is 7.11 Å². The maximum Gasteiger partial charge on any atom is 0.251 e. The van der Waals surface area contributed by atoms with Crippen molar-refractivity contribution in [3.63, 3.8) is 0 Å². The van der Waals surface area contributed by atoms with E-state index in [9.17, 15) is 9.59 Å². The van der Waals surface area contributed by atoms with Crippen molar-refractivity contribution < 1.29 is 14.3 Å². The summed E-state index contributed by atoms with van der Waals surface area (Å²) < 4.78 is 5.31. The first kappa shape index (κ1) is 19.2. The molecular weight excluding hydrogens is 366 g/mol. The summed E-state index contributed by atoms with van der Waals surface area (Å²) in [5.74, 6) is 0.473. The van der Waals surface area contributed by atoms with Crippen LogP contribution in [0.3, 0.4) is 0 Å². The van der Waals surface area contributed by atoms with Gasteiger partial charge in [0.05, 0.1) is 25.3 Å². The van der Waals surface area contributed by atoms with E-state index in [1.807, 2.05) is 48.7 Å². The van der Waals surface area contributed by atoms with E-state index in [-0.39, 0.29) is 18.2 Å². The molecule has 1 atom stereocenters. The monoisotopic (exact) mass is 391 g/mol. The van der Waals surface area contributed by atoms with E-state index in [1.165, 1.54) is 10.5 Å². The van der Waals surface area contributed by atoms with Crippen LogP contribution in [0.1, 0.15) is 24.5 Å². The fourth-order valence-corrected chi connectivity index (χ4v) is 3.82. The molecule has 1 fully saturated rings. The van der Waals surface area contributed by atoms with E-state index >= 15 is 0 Å². The molecule has 0 spiro atoms. The summed E-state index contributed by atoms with van der Waals surface area (Å²) in [4.78, 5) is 29.8. The van der Waals surface area contributed by atoms with Crippen LogP contribution in [0, 0.1) is 0 Å². The second kappa shape index (κ2) is 8.09. The molecular formula is C23H25N3O3. The number of aryl methyl sites for hydroxylation is 1. The second-order valence-corrected chi connectivity index (χ2v) is 7.27. The Bertz CT molecular complexity index is 1040. The minimum absolute atomic E-state index is 0.159. The average molecular weight is 391 g/mol. The van der Waals surface area contributed by atoms with E-state index < -0.39 is 6.04 Å². The van der Waals surface area contributed by atoms with Crippen molar-refractivity contribution in [2.45, 2.75) is 32.2 Å². The zero-order chi connectivity index (χ0) is 20.4. The number of aromatic amines is 1. The fourth-order valence-electron chi connectivity index (χ4n) is 3.82. The lowest BCUT2D eigenvalue weighted by molar-refractivity contribution is -0.121. The molecule has 0 unspecified atom stereocenters. The number of benzene rings is 2. The number of carbonyl (C=O) groups excluding carboxylic acids is 2. The summed E-state index contributed by atoms with van der Waals surface area (Å²) >= 11 is 0. The predicted octanol–water partition coefficient (Wildman–Crippen LogP) is 3.20. The van der Waals surface area contributed by atoms with E-state index in [2.05, 4.69) is 17.2 Å². The molecule has 6 heteroatoms. The highest BCUT2D eigenvalue weighted by Gasteiger charge is 2.39. The number of nitrogens with zero attached hydrogens (tertiary/aromatic N) is 1. The summed E-state index contributed by atoms with van der Waals surface area (Å²) in [7, 11) is 1.65. The number of carbonyl (C=O) groups is 2. The van der Waals surface area contributed by atoms with Crippen LogP contribution in [0.25, 0.3) is 10.9 Å². The van der Waals surface area contributed by atoms with Gasteiger partial charge in [0.15, 0.2) is 0 Å². The number of imide groups is 1. The molecule has 150 valence electrons. The smallest absolute Gasteiger partial charge is 0.251 e. The molecule has 0 bridgehead atoms. The SMILES string of the molecule is CCc1ccc(N2C(=O)C[C@@H](NCCc3c[nH]c4ccc(OC)cc34)C2=O)cc1. The number of H-pyrrole nitrogens is 1. The van der Waals surface area contributed by atoms with Gasteiger partial charge in [-0.05, 0) is 54.3 Å². The molecule has 29 heavy (non-hydrogen) atoms. The van der Waals surface area contributed by atoms with E-state index in [4.69, 9.17) is 4.74 Å². The molecule has 1 saturated heterocycles. The third kappa shape index (κ3) is 3.76. The number of methoxy groups -OCH3 is 1. The summed E-state index contributed by atoms with van der Waals surface area (Å²) in [6.45, 7) is 2.68. The van der Waals surface area contributed by atoms with Crippen LogP contribution < -0.4 is 15.0 Å². The first-order chi connectivity index (χ1) is 14.1. The van der Waals surface area contributed by atoms with Crippen molar-refractivity contribution in [2.24, 2.45) is 0 Å². The Morgan fingerprint density at radius 3 is 2.69 bits per heavy atom. The Labute approximate surface area is 169 Å². The minimum Gasteiger partial charge on any atom is -0.497 e. The minimum atomic E-state index is -0.479. The first-order valence-corrected chi connectivity index (χ1v) is 9.94. The fraction of sp³-hybridized carbons (Fsp3) is 0.304. The normalized spacial score (nSPS) is 16.8. The van der Waals surface area contributed by atoms with Crippen LogP contribution >= 0.6 is 0 Å².